The molecule has 2 aromatic rings. The fourth-order valence-corrected chi connectivity index (χ4v) is 3.56. The Balaban J connectivity index is 1.78. The molecule has 0 spiro atoms. The van der Waals surface area contributed by atoms with Crippen molar-refractivity contribution in [2.45, 2.75) is 31.2 Å². The van der Waals surface area contributed by atoms with Crippen LogP contribution in [0.25, 0.3) is 0 Å². The summed E-state index contributed by atoms with van der Waals surface area (Å²) in [4.78, 5) is 17.6. The van der Waals surface area contributed by atoms with E-state index in [-0.39, 0.29) is 18.3 Å². The molecule has 1 aromatic carbocycles. The average molecular weight is 349 g/mol. The van der Waals surface area contributed by atoms with Crippen LogP contribution in [0.3, 0.4) is 0 Å². The summed E-state index contributed by atoms with van der Waals surface area (Å²) >= 11 is 1.39. The summed E-state index contributed by atoms with van der Waals surface area (Å²) in [5.74, 6) is -0.132. The first-order valence-corrected chi connectivity index (χ1v) is 8.68. The summed E-state index contributed by atoms with van der Waals surface area (Å²) in [6.07, 6.45) is 2.66. The molecule has 0 aliphatic heterocycles. The van der Waals surface area contributed by atoms with Crippen molar-refractivity contribution in [3.63, 3.8) is 0 Å². The van der Waals surface area contributed by atoms with Crippen molar-refractivity contribution in [2.75, 3.05) is 19.0 Å². The maximum atomic E-state index is 13.9. The molecule has 1 atom stereocenters. The molecule has 0 bridgehead atoms. The molecule has 1 aliphatic carbocycles. The normalized spacial score (nSPS) is 15.3. The predicted molar refractivity (Wildman–Crippen MR) is 91.8 cm³/mol. The molecule has 5 nitrogen and oxygen atoms in total. The Morgan fingerprint density at radius 1 is 1.50 bits per heavy atom. The van der Waals surface area contributed by atoms with Gasteiger partial charge in [0.15, 0.2) is 5.13 Å². The van der Waals surface area contributed by atoms with E-state index in [2.05, 4.69) is 10.3 Å². The lowest BCUT2D eigenvalue weighted by Gasteiger charge is -2.08. The Kier molecular flexibility index (Phi) is 5.23. The van der Waals surface area contributed by atoms with Gasteiger partial charge in [0.05, 0.1) is 12.3 Å². The minimum atomic E-state index is -0.738. The van der Waals surface area contributed by atoms with Gasteiger partial charge in [0.2, 0.25) is 5.91 Å². The largest absolute Gasteiger partial charge is 0.383 e. The standard InChI is InChI=1S/C17H20FN3O2S/c1-23-9-13(19)16(22)21-17-20-15(10-6-7-10)14(24-17)8-11-4-2-3-5-12(11)18/h2-5,10,13H,6-9,19H2,1H3,(H,20,21,22). The van der Waals surface area contributed by atoms with Crippen molar-refractivity contribution in [3.05, 3.63) is 46.2 Å². The predicted octanol–water partition coefficient (Wildman–Crippen LogP) is 2.66. The summed E-state index contributed by atoms with van der Waals surface area (Å²) < 4.78 is 18.8. The van der Waals surface area contributed by atoms with E-state index in [0.717, 1.165) is 23.4 Å². The average Bonchev–Trinajstić information content (AvgIpc) is 3.32. The van der Waals surface area contributed by atoms with Crippen molar-refractivity contribution in [1.82, 2.24) is 4.98 Å². The molecule has 1 heterocycles. The molecule has 3 rings (SSSR count). The van der Waals surface area contributed by atoms with Crippen LogP contribution in [-0.2, 0) is 16.0 Å². The number of anilines is 1. The van der Waals surface area contributed by atoms with Crippen LogP contribution in [0.15, 0.2) is 24.3 Å². The zero-order valence-corrected chi connectivity index (χ0v) is 14.2. The van der Waals surface area contributed by atoms with Gasteiger partial charge in [-0.3, -0.25) is 4.79 Å². The number of aromatic nitrogens is 1. The van der Waals surface area contributed by atoms with Crippen LogP contribution < -0.4 is 11.1 Å². The highest BCUT2D eigenvalue weighted by molar-refractivity contribution is 7.15. The number of nitrogens with zero attached hydrogens (tertiary/aromatic N) is 1. The number of rotatable bonds is 7. The zero-order chi connectivity index (χ0) is 17.1. The van der Waals surface area contributed by atoms with Gasteiger partial charge in [0, 0.05) is 24.3 Å². The Morgan fingerprint density at radius 2 is 2.25 bits per heavy atom. The van der Waals surface area contributed by atoms with Gasteiger partial charge in [-0.15, -0.1) is 11.3 Å². The zero-order valence-electron chi connectivity index (χ0n) is 13.4. The molecule has 0 saturated heterocycles. The van der Waals surface area contributed by atoms with Crippen molar-refractivity contribution in [1.29, 1.82) is 0 Å². The van der Waals surface area contributed by atoms with Crippen LogP contribution in [0.5, 0.6) is 0 Å². The maximum Gasteiger partial charge on any atom is 0.245 e. The Labute approximate surface area is 144 Å². The van der Waals surface area contributed by atoms with E-state index in [1.165, 1.54) is 24.5 Å². The smallest absolute Gasteiger partial charge is 0.245 e. The fourth-order valence-electron chi connectivity index (χ4n) is 2.49. The lowest BCUT2D eigenvalue weighted by atomic mass is 10.1. The topological polar surface area (TPSA) is 77.2 Å². The highest BCUT2D eigenvalue weighted by Crippen LogP contribution is 2.44. The Bertz CT molecular complexity index is 730. The molecule has 1 fully saturated rings. The van der Waals surface area contributed by atoms with Gasteiger partial charge >= 0.3 is 0 Å². The number of nitrogens with two attached hydrogens (primary N) is 1. The molecule has 128 valence electrons. The van der Waals surface area contributed by atoms with Crippen LogP contribution >= 0.6 is 11.3 Å². The van der Waals surface area contributed by atoms with Crippen molar-refractivity contribution in [3.8, 4) is 0 Å². The van der Waals surface area contributed by atoms with Crippen molar-refractivity contribution >= 4 is 22.4 Å². The van der Waals surface area contributed by atoms with Crippen LogP contribution in [0.2, 0.25) is 0 Å². The lowest BCUT2D eigenvalue weighted by Crippen LogP contribution is -2.39. The second-order valence-electron chi connectivity index (χ2n) is 5.92. The van der Waals surface area contributed by atoms with Crippen LogP contribution in [0.4, 0.5) is 9.52 Å². The number of hydrogen-bond donors (Lipinski definition) is 2. The molecular weight excluding hydrogens is 329 g/mol. The molecule has 3 N–H and O–H groups in total. The highest BCUT2D eigenvalue weighted by atomic mass is 32.1. The summed E-state index contributed by atoms with van der Waals surface area (Å²) in [6.45, 7) is 0.148. The summed E-state index contributed by atoms with van der Waals surface area (Å²) in [5.41, 5.74) is 7.33. The van der Waals surface area contributed by atoms with Gasteiger partial charge in [0.25, 0.3) is 0 Å². The third-order valence-electron chi connectivity index (χ3n) is 3.91. The van der Waals surface area contributed by atoms with Gasteiger partial charge in [-0.05, 0) is 24.5 Å². The van der Waals surface area contributed by atoms with E-state index in [1.54, 1.807) is 12.1 Å². The third kappa shape index (κ3) is 3.98. The number of carbonyl (C=O) groups excluding carboxylic acids is 1. The maximum absolute atomic E-state index is 13.9. The molecule has 24 heavy (non-hydrogen) atoms. The Morgan fingerprint density at radius 3 is 2.92 bits per heavy atom. The van der Waals surface area contributed by atoms with Crippen LogP contribution in [0.1, 0.15) is 34.9 Å². The first-order chi connectivity index (χ1) is 11.6. The number of benzene rings is 1. The summed E-state index contributed by atoms with van der Waals surface area (Å²) in [5, 5.41) is 3.25. The molecule has 1 unspecified atom stereocenters. The van der Waals surface area contributed by atoms with Crippen LogP contribution in [0, 0.1) is 5.82 Å². The number of carbonyl (C=O) groups is 1. The SMILES string of the molecule is COCC(N)C(=O)Nc1nc(C2CC2)c(Cc2ccccc2F)s1. The number of ether oxygens (including phenoxy) is 1. The van der Waals surface area contributed by atoms with Crippen molar-refractivity contribution in [2.24, 2.45) is 5.73 Å². The summed E-state index contributed by atoms with van der Waals surface area (Å²) in [7, 11) is 1.49. The van der Waals surface area contributed by atoms with Gasteiger partial charge in [0.1, 0.15) is 11.9 Å². The molecule has 1 aromatic heterocycles. The van der Waals surface area contributed by atoms with Crippen LogP contribution in [-0.4, -0.2) is 30.6 Å². The number of halogens is 1. The molecule has 7 heteroatoms. The second kappa shape index (κ2) is 7.38. The number of methoxy groups -OCH3 is 1. The molecule has 1 aliphatic rings. The van der Waals surface area contributed by atoms with Crippen molar-refractivity contribution < 1.29 is 13.9 Å². The first-order valence-electron chi connectivity index (χ1n) is 7.87. The molecule has 0 radical (unpaired) electrons. The quantitative estimate of drug-likeness (QED) is 0.806. The number of thiazole rings is 1. The van der Waals surface area contributed by atoms with E-state index in [0.29, 0.717) is 23.0 Å². The third-order valence-corrected chi connectivity index (χ3v) is 4.90. The number of nitrogens with one attached hydrogen (secondary N) is 1. The minimum absolute atomic E-state index is 0.148. The number of hydrogen-bond acceptors (Lipinski definition) is 5. The monoisotopic (exact) mass is 349 g/mol. The summed E-state index contributed by atoms with van der Waals surface area (Å²) in [6, 6.07) is 6.00. The van der Waals surface area contributed by atoms with E-state index in [1.807, 2.05) is 6.07 Å². The minimum Gasteiger partial charge on any atom is -0.383 e. The molecule has 1 amide bonds. The molecular formula is C17H20FN3O2S. The van der Waals surface area contributed by atoms with E-state index < -0.39 is 6.04 Å². The molecule has 1 saturated carbocycles. The van der Waals surface area contributed by atoms with E-state index in [4.69, 9.17) is 10.5 Å². The van der Waals surface area contributed by atoms with Gasteiger partial charge in [-0.25, -0.2) is 9.37 Å². The fraction of sp³-hybridized carbons (Fsp3) is 0.412. The van der Waals surface area contributed by atoms with E-state index in [9.17, 15) is 9.18 Å². The number of amides is 1. The van der Waals surface area contributed by atoms with Gasteiger partial charge < -0.3 is 15.8 Å². The van der Waals surface area contributed by atoms with Gasteiger partial charge in [-0.1, -0.05) is 18.2 Å². The Hall–Kier alpha value is -1.83. The lowest BCUT2D eigenvalue weighted by molar-refractivity contribution is -0.118. The van der Waals surface area contributed by atoms with Gasteiger partial charge in [-0.2, -0.15) is 0 Å². The van der Waals surface area contributed by atoms with E-state index >= 15 is 0 Å². The second-order valence-corrected chi connectivity index (χ2v) is 7.00. The highest BCUT2D eigenvalue weighted by Gasteiger charge is 2.30. The first kappa shape index (κ1) is 17.0.